The van der Waals surface area contributed by atoms with E-state index in [0.29, 0.717) is 11.3 Å². The highest BCUT2D eigenvalue weighted by Gasteiger charge is 2.05. The van der Waals surface area contributed by atoms with Crippen LogP contribution in [-0.2, 0) is 4.79 Å². The van der Waals surface area contributed by atoms with Crippen LogP contribution >= 0.6 is 0 Å². The topological polar surface area (TPSA) is 65.8 Å². The quantitative estimate of drug-likeness (QED) is 0.816. The van der Waals surface area contributed by atoms with Crippen molar-refractivity contribution in [1.29, 1.82) is 5.26 Å². The molecule has 1 aromatic rings. The van der Waals surface area contributed by atoms with E-state index in [9.17, 15) is 9.18 Å². The van der Waals surface area contributed by atoms with Gasteiger partial charge in [-0.2, -0.15) is 5.26 Å². The first-order valence-corrected chi connectivity index (χ1v) is 4.48. The van der Waals surface area contributed by atoms with E-state index in [0.717, 1.165) is 0 Å². The summed E-state index contributed by atoms with van der Waals surface area (Å²) in [5.74, 6) is -0.296. The van der Waals surface area contributed by atoms with E-state index in [-0.39, 0.29) is 18.7 Å². The Kier molecular flexibility index (Phi) is 4.23. The van der Waals surface area contributed by atoms with Crippen LogP contribution in [0, 0.1) is 11.3 Å². The van der Waals surface area contributed by atoms with Gasteiger partial charge in [0.05, 0.1) is 17.9 Å². The maximum atomic E-state index is 11.8. The van der Waals surface area contributed by atoms with Gasteiger partial charge in [0.2, 0.25) is 5.91 Å². The van der Waals surface area contributed by atoms with Gasteiger partial charge >= 0.3 is 0 Å². The summed E-state index contributed by atoms with van der Waals surface area (Å²) in [6, 6.07) is 3.44. The van der Waals surface area contributed by atoms with Crippen molar-refractivity contribution in [2.75, 3.05) is 12.0 Å². The molecule has 0 aliphatic carbocycles. The molecule has 1 N–H and O–H groups in total. The Bertz CT molecular complexity index is 386. The van der Waals surface area contributed by atoms with Crippen LogP contribution in [0.25, 0.3) is 0 Å². The van der Waals surface area contributed by atoms with Gasteiger partial charge in [0.15, 0.2) is 0 Å². The molecule has 0 fully saturated rings. The molecule has 0 aliphatic rings. The van der Waals surface area contributed by atoms with Crippen molar-refractivity contribution in [2.45, 2.75) is 12.8 Å². The zero-order chi connectivity index (χ0) is 11.1. The van der Waals surface area contributed by atoms with Crippen LogP contribution in [0.5, 0.6) is 0 Å². The Morgan fingerprint density at radius 1 is 1.67 bits per heavy atom. The highest BCUT2D eigenvalue weighted by atomic mass is 19.1. The van der Waals surface area contributed by atoms with Gasteiger partial charge < -0.3 is 5.32 Å². The summed E-state index contributed by atoms with van der Waals surface area (Å²) in [6.07, 6.45) is 3.15. The van der Waals surface area contributed by atoms with Gasteiger partial charge in [-0.1, -0.05) is 0 Å². The first-order chi connectivity index (χ1) is 7.27. The number of nitrogens with one attached hydrogen (secondary N) is 1. The molecule has 5 heteroatoms. The number of aromatic nitrogens is 1. The number of carbonyl (C=O) groups excluding carboxylic acids is 1. The molecule has 0 spiro atoms. The van der Waals surface area contributed by atoms with Gasteiger partial charge in [0.1, 0.15) is 6.07 Å². The van der Waals surface area contributed by atoms with E-state index in [1.165, 1.54) is 18.5 Å². The SMILES string of the molecule is N#Cc1cnccc1NC(=O)CCCF. The smallest absolute Gasteiger partial charge is 0.224 e. The molecule has 0 saturated carbocycles. The zero-order valence-electron chi connectivity index (χ0n) is 8.03. The molecular formula is C10H10FN3O. The van der Waals surface area contributed by atoms with Crippen LogP contribution in [-0.4, -0.2) is 17.6 Å². The molecule has 1 aromatic heterocycles. The average molecular weight is 207 g/mol. The fraction of sp³-hybridized carbons (Fsp3) is 0.300. The Labute approximate surface area is 86.7 Å². The molecule has 0 unspecified atom stereocenters. The molecule has 1 amide bonds. The van der Waals surface area contributed by atoms with Crippen LogP contribution in [0.4, 0.5) is 10.1 Å². The van der Waals surface area contributed by atoms with Gasteiger partial charge in [-0.25, -0.2) is 0 Å². The third-order valence-corrected chi connectivity index (χ3v) is 1.75. The van der Waals surface area contributed by atoms with Crippen LogP contribution in [0.1, 0.15) is 18.4 Å². The van der Waals surface area contributed by atoms with Gasteiger partial charge in [-0.3, -0.25) is 14.2 Å². The van der Waals surface area contributed by atoms with Crippen LogP contribution in [0.3, 0.4) is 0 Å². The lowest BCUT2D eigenvalue weighted by molar-refractivity contribution is -0.116. The first kappa shape index (κ1) is 11.1. The molecule has 78 valence electrons. The molecular weight excluding hydrogens is 197 g/mol. The van der Waals surface area contributed by atoms with E-state index < -0.39 is 6.67 Å². The first-order valence-electron chi connectivity index (χ1n) is 4.48. The zero-order valence-corrected chi connectivity index (χ0v) is 8.03. The van der Waals surface area contributed by atoms with Gasteiger partial charge in [0, 0.05) is 18.8 Å². The summed E-state index contributed by atoms with van der Waals surface area (Å²) in [5.41, 5.74) is 0.711. The van der Waals surface area contributed by atoms with E-state index >= 15 is 0 Å². The fourth-order valence-corrected chi connectivity index (χ4v) is 1.03. The molecule has 15 heavy (non-hydrogen) atoms. The third kappa shape index (κ3) is 3.35. The average Bonchev–Trinajstić information content (AvgIpc) is 2.27. The number of hydrogen-bond acceptors (Lipinski definition) is 3. The van der Waals surface area contributed by atoms with Crippen molar-refractivity contribution >= 4 is 11.6 Å². The molecule has 0 radical (unpaired) electrons. The maximum Gasteiger partial charge on any atom is 0.224 e. The Hall–Kier alpha value is -1.96. The highest BCUT2D eigenvalue weighted by molar-refractivity contribution is 5.91. The number of carbonyl (C=O) groups is 1. The van der Waals surface area contributed by atoms with Crippen molar-refractivity contribution in [3.05, 3.63) is 24.0 Å². The summed E-state index contributed by atoms with van der Waals surface area (Å²) in [4.78, 5) is 15.0. The van der Waals surface area contributed by atoms with E-state index in [1.807, 2.05) is 6.07 Å². The number of rotatable bonds is 4. The lowest BCUT2D eigenvalue weighted by Gasteiger charge is -2.04. The van der Waals surface area contributed by atoms with E-state index in [4.69, 9.17) is 5.26 Å². The Morgan fingerprint density at radius 3 is 3.13 bits per heavy atom. The van der Waals surface area contributed by atoms with Crippen molar-refractivity contribution in [3.8, 4) is 6.07 Å². The Balaban J connectivity index is 2.64. The van der Waals surface area contributed by atoms with Gasteiger partial charge in [-0.15, -0.1) is 0 Å². The van der Waals surface area contributed by atoms with Crippen LogP contribution in [0.2, 0.25) is 0 Å². The minimum atomic E-state index is -0.519. The predicted octanol–water partition coefficient (Wildman–Crippen LogP) is 1.64. The molecule has 0 bridgehead atoms. The van der Waals surface area contributed by atoms with Crippen molar-refractivity contribution in [3.63, 3.8) is 0 Å². The number of pyridine rings is 1. The number of anilines is 1. The summed E-state index contributed by atoms with van der Waals surface area (Å²) < 4.78 is 11.8. The fourth-order valence-electron chi connectivity index (χ4n) is 1.03. The van der Waals surface area contributed by atoms with E-state index in [1.54, 1.807) is 0 Å². The summed E-state index contributed by atoms with van der Waals surface area (Å²) >= 11 is 0. The number of alkyl halides is 1. The summed E-state index contributed by atoms with van der Waals surface area (Å²) in [7, 11) is 0. The van der Waals surface area contributed by atoms with Crippen LogP contribution in [0.15, 0.2) is 18.5 Å². The predicted molar refractivity (Wildman–Crippen MR) is 52.8 cm³/mol. The molecule has 0 aromatic carbocycles. The summed E-state index contributed by atoms with van der Waals surface area (Å²) in [6.45, 7) is -0.519. The molecule has 0 saturated heterocycles. The number of nitriles is 1. The lowest BCUT2D eigenvalue weighted by Crippen LogP contribution is -2.12. The maximum absolute atomic E-state index is 11.8. The molecule has 1 heterocycles. The molecule has 1 rings (SSSR count). The van der Waals surface area contributed by atoms with Crippen LogP contribution < -0.4 is 5.32 Å². The molecule has 0 aliphatic heterocycles. The minimum absolute atomic E-state index is 0.115. The minimum Gasteiger partial charge on any atom is -0.325 e. The third-order valence-electron chi connectivity index (χ3n) is 1.75. The number of halogens is 1. The standard InChI is InChI=1S/C10H10FN3O/c11-4-1-2-10(15)14-9-3-5-13-7-8(9)6-12/h3,5,7H,1-2,4H2,(H,13,14,15). The monoisotopic (exact) mass is 207 g/mol. The number of nitrogens with zero attached hydrogens (tertiary/aromatic N) is 2. The second-order valence-corrected chi connectivity index (χ2v) is 2.87. The number of amides is 1. The highest BCUT2D eigenvalue weighted by Crippen LogP contribution is 2.12. The number of hydrogen-bond donors (Lipinski definition) is 1. The van der Waals surface area contributed by atoms with Crippen molar-refractivity contribution in [2.24, 2.45) is 0 Å². The van der Waals surface area contributed by atoms with Gasteiger partial charge in [-0.05, 0) is 12.5 Å². The molecule has 0 atom stereocenters. The second-order valence-electron chi connectivity index (χ2n) is 2.87. The second kappa shape index (κ2) is 5.70. The largest absolute Gasteiger partial charge is 0.325 e. The van der Waals surface area contributed by atoms with E-state index in [2.05, 4.69) is 10.3 Å². The normalized spacial score (nSPS) is 9.33. The summed E-state index contributed by atoms with van der Waals surface area (Å²) in [5, 5.41) is 11.2. The van der Waals surface area contributed by atoms with Crippen molar-refractivity contribution < 1.29 is 9.18 Å². The lowest BCUT2D eigenvalue weighted by atomic mass is 10.2. The Morgan fingerprint density at radius 2 is 2.47 bits per heavy atom. The van der Waals surface area contributed by atoms with Gasteiger partial charge in [0.25, 0.3) is 0 Å². The molecule has 4 nitrogen and oxygen atoms in total. The van der Waals surface area contributed by atoms with Crippen molar-refractivity contribution in [1.82, 2.24) is 4.98 Å².